The van der Waals surface area contributed by atoms with Crippen LogP contribution in [0.3, 0.4) is 0 Å². The van der Waals surface area contributed by atoms with Gasteiger partial charge in [0.15, 0.2) is 11.6 Å². The number of hydrogen-bond acceptors (Lipinski definition) is 4. The number of hydrogen-bond donors (Lipinski definition) is 2. The van der Waals surface area contributed by atoms with Crippen LogP contribution in [0.5, 0.6) is 11.5 Å². The van der Waals surface area contributed by atoms with Crippen LogP contribution in [0.25, 0.3) is 27.8 Å². The highest BCUT2D eigenvalue weighted by Gasteiger charge is 2.24. The van der Waals surface area contributed by atoms with E-state index in [1.807, 2.05) is 48.5 Å². The molecule has 36 heavy (non-hydrogen) atoms. The molecule has 4 aromatic carbocycles. The lowest BCUT2D eigenvalue weighted by atomic mass is 9.97. The van der Waals surface area contributed by atoms with Crippen molar-refractivity contribution in [3.8, 4) is 33.8 Å². The molecule has 5 nitrogen and oxygen atoms in total. The van der Waals surface area contributed by atoms with E-state index in [1.165, 1.54) is 13.2 Å². The van der Waals surface area contributed by atoms with Crippen molar-refractivity contribution in [2.24, 2.45) is 0 Å². The van der Waals surface area contributed by atoms with Gasteiger partial charge in [-0.2, -0.15) is 0 Å². The smallest absolute Gasteiger partial charge is 0.255 e. The maximum atomic E-state index is 12.5. The van der Waals surface area contributed by atoms with Gasteiger partial charge in [0.25, 0.3) is 5.91 Å². The van der Waals surface area contributed by atoms with Crippen molar-refractivity contribution >= 4 is 34.5 Å². The van der Waals surface area contributed by atoms with Gasteiger partial charge in [0.1, 0.15) is 5.75 Å². The number of carbonyl (C=O) groups is 1. The number of rotatable bonds is 4. The Morgan fingerprint density at radius 1 is 0.833 bits per heavy atom. The molecular weight excluding hydrogens is 479 g/mol. The summed E-state index contributed by atoms with van der Waals surface area (Å²) in [6.45, 7) is 3.84. The van der Waals surface area contributed by atoms with Crippen molar-refractivity contribution < 1.29 is 18.7 Å². The lowest BCUT2D eigenvalue weighted by Gasteiger charge is -2.12. The fourth-order valence-electron chi connectivity index (χ4n) is 3.88. The quantitative estimate of drug-likeness (QED) is 0.231. The highest BCUT2D eigenvalue weighted by atomic mass is 35.5. The number of carbonyl (C=O) groups excluding carboxylic acids is 1. The fourth-order valence-corrected chi connectivity index (χ4v) is 4.15. The van der Waals surface area contributed by atoms with Gasteiger partial charge in [-0.05, 0) is 41.5 Å². The number of anilines is 2. The number of nitrogens with one attached hydrogen (secondary N) is 1. The van der Waals surface area contributed by atoms with Crippen molar-refractivity contribution in [1.29, 1.82) is 0 Å². The van der Waals surface area contributed by atoms with Crippen LogP contribution in [0.2, 0.25) is 5.02 Å². The van der Waals surface area contributed by atoms with E-state index in [4.69, 9.17) is 22.1 Å². The first-order valence-electron chi connectivity index (χ1n) is 11.0. The molecule has 0 radical (unpaired) electrons. The van der Waals surface area contributed by atoms with Crippen molar-refractivity contribution in [2.75, 3.05) is 25.3 Å². The Kier molecular flexibility index (Phi) is 7.27. The summed E-state index contributed by atoms with van der Waals surface area (Å²) in [5.74, 6) is 0.425. The Hall–Kier alpha value is -4.29. The molecule has 0 unspecified atom stereocenters. The number of methoxy groups -OCH3 is 2. The molecule has 5 rings (SSSR count). The molecule has 7 heteroatoms. The van der Waals surface area contributed by atoms with Crippen LogP contribution in [0, 0.1) is 5.82 Å². The molecule has 0 saturated heterocycles. The van der Waals surface area contributed by atoms with Crippen LogP contribution in [0.1, 0.15) is 5.56 Å². The lowest BCUT2D eigenvalue weighted by Crippen LogP contribution is -2.02. The van der Waals surface area contributed by atoms with Crippen molar-refractivity contribution in [2.45, 2.75) is 0 Å². The van der Waals surface area contributed by atoms with Crippen LogP contribution in [-0.4, -0.2) is 20.1 Å². The van der Waals surface area contributed by atoms with Gasteiger partial charge in [-0.25, -0.2) is 4.39 Å². The Bertz CT molecular complexity index is 1450. The van der Waals surface area contributed by atoms with Gasteiger partial charge in [0, 0.05) is 22.3 Å². The van der Waals surface area contributed by atoms with Crippen LogP contribution in [-0.2, 0) is 4.79 Å². The van der Waals surface area contributed by atoms with Gasteiger partial charge < -0.3 is 20.5 Å². The molecule has 0 aliphatic carbocycles. The number of halogens is 2. The topological polar surface area (TPSA) is 73.6 Å². The molecule has 1 aliphatic rings. The summed E-state index contributed by atoms with van der Waals surface area (Å²) in [7, 11) is 3.04. The molecule has 0 fully saturated rings. The van der Waals surface area contributed by atoms with Crippen molar-refractivity contribution in [3.05, 3.63) is 102 Å². The second-order valence-corrected chi connectivity index (χ2v) is 8.35. The van der Waals surface area contributed by atoms with Gasteiger partial charge in [-0.15, -0.1) is 0 Å². The van der Waals surface area contributed by atoms with Gasteiger partial charge >= 0.3 is 0 Å². The zero-order chi connectivity index (χ0) is 25.8. The summed E-state index contributed by atoms with van der Waals surface area (Å²) in [4.78, 5) is 11.8. The molecule has 182 valence electrons. The summed E-state index contributed by atoms with van der Waals surface area (Å²) >= 11 is 6.44. The van der Waals surface area contributed by atoms with Crippen molar-refractivity contribution in [3.63, 3.8) is 0 Å². The number of ether oxygens (including phenoxy) is 2. The molecule has 4 aromatic rings. The van der Waals surface area contributed by atoms with Crippen LogP contribution in [0.15, 0.2) is 85.4 Å². The van der Waals surface area contributed by atoms with Crippen LogP contribution >= 0.6 is 11.6 Å². The summed E-state index contributed by atoms with van der Waals surface area (Å²) in [5.41, 5.74) is 12.4. The Labute approximate surface area is 213 Å². The highest BCUT2D eigenvalue weighted by Crippen LogP contribution is 2.40. The number of amides is 1. The molecule has 1 heterocycles. The summed E-state index contributed by atoms with van der Waals surface area (Å²) in [6.07, 6.45) is 0. The molecule has 0 spiro atoms. The third-order valence-corrected chi connectivity index (χ3v) is 6.12. The van der Waals surface area contributed by atoms with Gasteiger partial charge in [-0.3, -0.25) is 4.79 Å². The van der Waals surface area contributed by atoms with E-state index in [9.17, 15) is 9.18 Å². The normalized spacial score (nSPS) is 11.8. The minimum absolute atomic E-state index is 0.193. The van der Waals surface area contributed by atoms with Gasteiger partial charge in [0.05, 0.1) is 30.6 Å². The molecule has 1 aliphatic heterocycles. The number of para-hydroxylation sites is 2. The van der Waals surface area contributed by atoms with Gasteiger partial charge in [-0.1, -0.05) is 66.7 Å². The van der Waals surface area contributed by atoms with E-state index in [0.29, 0.717) is 27.7 Å². The first kappa shape index (κ1) is 24.8. The molecule has 0 saturated carbocycles. The van der Waals surface area contributed by atoms with E-state index in [2.05, 4.69) is 16.6 Å². The molecule has 1 amide bonds. The minimum atomic E-state index is -0.319. The average molecular weight is 503 g/mol. The van der Waals surface area contributed by atoms with Crippen molar-refractivity contribution in [1.82, 2.24) is 0 Å². The average Bonchev–Trinajstić information content (AvgIpc) is 3.16. The summed E-state index contributed by atoms with van der Waals surface area (Å²) < 4.78 is 22.4. The lowest BCUT2D eigenvalue weighted by molar-refractivity contribution is -0.110. The Morgan fingerprint density at radius 2 is 1.44 bits per heavy atom. The first-order chi connectivity index (χ1) is 17.3. The fraction of sp³-hybridized carbons (Fsp3) is 0.0690. The third kappa shape index (κ3) is 4.90. The number of fused-ring (bicyclic) bond motifs is 1. The second-order valence-electron chi connectivity index (χ2n) is 7.94. The predicted octanol–water partition coefficient (Wildman–Crippen LogP) is 7.06. The maximum Gasteiger partial charge on any atom is 0.255 e. The second kappa shape index (κ2) is 10.5. The summed E-state index contributed by atoms with van der Waals surface area (Å²) in [6, 6.07) is 23.6. The standard InChI is InChI=1S/C22H17ClN2O2.C7H7FO/c1-12-16-10-17(18(23)11-19(16)25-22(12)26)14-8-6-13(7-9-14)15-4-3-5-20(27-2)21(15)24;1-9-7-5-3-2-4-6(7)8/h3-11H,1,24H2,2H3,(H,25,26);2-5H,1H3. The van der Waals surface area contributed by atoms with Crippen LogP contribution in [0.4, 0.5) is 15.8 Å². The van der Waals surface area contributed by atoms with Gasteiger partial charge in [0.2, 0.25) is 0 Å². The zero-order valence-corrected chi connectivity index (χ0v) is 20.5. The minimum Gasteiger partial charge on any atom is -0.495 e. The maximum absolute atomic E-state index is 12.5. The van der Waals surface area contributed by atoms with Crippen LogP contribution < -0.4 is 20.5 Å². The molecule has 3 N–H and O–H groups in total. The molecule has 0 atom stereocenters. The molecule has 0 aromatic heterocycles. The largest absolute Gasteiger partial charge is 0.495 e. The van der Waals surface area contributed by atoms with E-state index < -0.39 is 0 Å². The van der Waals surface area contributed by atoms with E-state index in [0.717, 1.165) is 27.8 Å². The third-order valence-electron chi connectivity index (χ3n) is 5.80. The molecule has 0 bridgehead atoms. The molecular formula is C29H24ClFN2O3. The monoisotopic (exact) mass is 502 g/mol. The van der Waals surface area contributed by atoms with E-state index >= 15 is 0 Å². The van der Waals surface area contributed by atoms with E-state index in [1.54, 1.807) is 31.4 Å². The summed E-state index contributed by atoms with van der Waals surface area (Å²) in [5, 5.41) is 3.33. The first-order valence-corrected chi connectivity index (χ1v) is 11.4. The predicted molar refractivity (Wildman–Crippen MR) is 144 cm³/mol. The number of benzene rings is 4. The SMILES string of the molecule is C=C1C(=O)Nc2cc(Cl)c(-c3ccc(-c4cccc(OC)c4N)cc3)cc21.COc1ccccc1F. The van der Waals surface area contributed by atoms with E-state index in [-0.39, 0.29) is 17.5 Å². The number of nitrogen functional groups attached to an aromatic ring is 1. The highest BCUT2D eigenvalue weighted by molar-refractivity contribution is 6.36. The number of nitrogens with two attached hydrogens (primary N) is 1. The Morgan fingerprint density at radius 3 is 2.06 bits per heavy atom. The zero-order valence-electron chi connectivity index (χ0n) is 19.8. The Balaban J connectivity index is 0.000000286.